The van der Waals surface area contributed by atoms with Gasteiger partial charge in [0.2, 0.25) is 0 Å². The van der Waals surface area contributed by atoms with Crippen molar-refractivity contribution in [3.63, 3.8) is 0 Å². The van der Waals surface area contributed by atoms with Crippen molar-refractivity contribution in [3.05, 3.63) is 60.2 Å². The van der Waals surface area contributed by atoms with E-state index in [1.165, 1.54) is 16.7 Å². The first kappa shape index (κ1) is 15.7. The molecule has 0 aliphatic rings. The van der Waals surface area contributed by atoms with Crippen LogP contribution in [0.5, 0.6) is 0 Å². The lowest BCUT2D eigenvalue weighted by Gasteiger charge is -2.20. The molecule has 2 aromatic rings. The summed E-state index contributed by atoms with van der Waals surface area (Å²) in [5.74, 6) is 0. The minimum Gasteiger partial charge on any atom is -0.311 e. The van der Waals surface area contributed by atoms with Gasteiger partial charge in [-0.3, -0.25) is 0 Å². The van der Waals surface area contributed by atoms with E-state index in [9.17, 15) is 0 Å². The standard InChI is InChI=1S/C19H26N2/c1-16(2)21(3)14-13-20-15-17-9-11-19(12-10-17)18-7-5-4-6-8-18/h4-12,16,20H,13-15H2,1-3H3. The van der Waals surface area contributed by atoms with E-state index in [0.717, 1.165) is 19.6 Å². The summed E-state index contributed by atoms with van der Waals surface area (Å²) in [5.41, 5.74) is 3.89. The van der Waals surface area contributed by atoms with Crippen molar-refractivity contribution in [2.24, 2.45) is 0 Å². The Morgan fingerprint density at radius 3 is 2.14 bits per heavy atom. The Kier molecular flexibility index (Phi) is 5.97. The molecule has 0 aliphatic carbocycles. The van der Waals surface area contributed by atoms with Crippen LogP contribution < -0.4 is 5.32 Å². The molecule has 21 heavy (non-hydrogen) atoms. The monoisotopic (exact) mass is 282 g/mol. The summed E-state index contributed by atoms with van der Waals surface area (Å²) in [4.78, 5) is 2.35. The molecule has 0 radical (unpaired) electrons. The maximum Gasteiger partial charge on any atom is 0.0206 e. The second kappa shape index (κ2) is 7.96. The largest absolute Gasteiger partial charge is 0.311 e. The highest BCUT2D eigenvalue weighted by Crippen LogP contribution is 2.19. The molecule has 0 aliphatic heterocycles. The Morgan fingerprint density at radius 1 is 0.905 bits per heavy atom. The van der Waals surface area contributed by atoms with Crippen LogP contribution in [0.4, 0.5) is 0 Å². The minimum atomic E-state index is 0.608. The highest BCUT2D eigenvalue weighted by molar-refractivity contribution is 5.63. The first-order valence-electron chi connectivity index (χ1n) is 7.72. The number of hydrogen-bond donors (Lipinski definition) is 1. The Bertz CT molecular complexity index is 517. The molecular weight excluding hydrogens is 256 g/mol. The van der Waals surface area contributed by atoms with Gasteiger partial charge in [0.25, 0.3) is 0 Å². The van der Waals surface area contributed by atoms with E-state index in [1.807, 2.05) is 0 Å². The smallest absolute Gasteiger partial charge is 0.0206 e. The van der Waals surface area contributed by atoms with Crippen LogP contribution in [-0.4, -0.2) is 31.1 Å². The Labute approximate surface area is 128 Å². The van der Waals surface area contributed by atoms with Crippen LogP contribution in [0.15, 0.2) is 54.6 Å². The van der Waals surface area contributed by atoms with Crippen LogP contribution in [0.25, 0.3) is 11.1 Å². The predicted octanol–water partition coefficient (Wildman–Crippen LogP) is 3.78. The van der Waals surface area contributed by atoms with Crippen molar-refractivity contribution >= 4 is 0 Å². The lowest BCUT2D eigenvalue weighted by atomic mass is 10.0. The molecule has 0 saturated heterocycles. The predicted molar refractivity (Wildman–Crippen MR) is 91.4 cm³/mol. The number of nitrogens with one attached hydrogen (secondary N) is 1. The van der Waals surface area contributed by atoms with Gasteiger partial charge in [-0.15, -0.1) is 0 Å². The SMILES string of the molecule is CC(C)N(C)CCNCc1ccc(-c2ccccc2)cc1. The van der Waals surface area contributed by atoms with Gasteiger partial charge in [-0.1, -0.05) is 54.6 Å². The van der Waals surface area contributed by atoms with Crippen LogP contribution in [0.3, 0.4) is 0 Å². The number of benzene rings is 2. The van der Waals surface area contributed by atoms with Gasteiger partial charge in [0.1, 0.15) is 0 Å². The van der Waals surface area contributed by atoms with E-state index < -0.39 is 0 Å². The number of hydrogen-bond acceptors (Lipinski definition) is 2. The van der Waals surface area contributed by atoms with Gasteiger partial charge in [-0.05, 0) is 37.6 Å². The maximum absolute atomic E-state index is 3.51. The average molecular weight is 282 g/mol. The van der Waals surface area contributed by atoms with Crippen LogP contribution in [-0.2, 0) is 6.54 Å². The summed E-state index contributed by atoms with van der Waals surface area (Å²) in [5, 5.41) is 3.51. The zero-order valence-electron chi connectivity index (χ0n) is 13.3. The molecule has 1 N–H and O–H groups in total. The molecule has 0 saturated carbocycles. The normalized spacial score (nSPS) is 11.3. The van der Waals surface area contributed by atoms with Crippen LogP contribution >= 0.6 is 0 Å². The molecule has 112 valence electrons. The van der Waals surface area contributed by atoms with Gasteiger partial charge in [-0.25, -0.2) is 0 Å². The van der Waals surface area contributed by atoms with Gasteiger partial charge < -0.3 is 10.2 Å². The minimum absolute atomic E-state index is 0.608. The zero-order valence-corrected chi connectivity index (χ0v) is 13.3. The molecule has 0 fully saturated rings. The molecule has 2 rings (SSSR count). The molecule has 0 spiro atoms. The summed E-state index contributed by atoms with van der Waals surface area (Å²) in [6, 6.07) is 19.9. The van der Waals surface area contributed by atoms with Gasteiger partial charge in [-0.2, -0.15) is 0 Å². The number of likely N-dealkylation sites (N-methyl/N-ethyl adjacent to an activating group) is 1. The fourth-order valence-electron chi connectivity index (χ4n) is 2.19. The van der Waals surface area contributed by atoms with E-state index in [1.54, 1.807) is 0 Å². The fraction of sp³-hybridized carbons (Fsp3) is 0.368. The summed E-state index contributed by atoms with van der Waals surface area (Å²) < 4.78 is 0. The van der Waals surface area contributed by atoms with Crippen molar-refractivity contribution in [3.8, 4) is 11.1 Å². The summed E-state index contributed by atoms with van der Waals surface area (Å²) >= 11 is 0. The zero-order chi connectivity index (χ0) is 15.1. The van der Waals surface area contributed by atoms with Crippen LogP contribution in [0, 0.1) is 0 Å². The van der Waals surface area contributed by atoms with E-state index in [4.69, 9.17) is 0 Å². The lowest BCUT2D eigenvalue weighted by molar-refractivity contribution is 0.273. The molecule has 2 nitrogen and oxygen atoms in total. The second-order valence-electron chi connectivity index (χ2n) is 5.81. The van der Waals surface area contributed by atoms with E-state index in [-0.39, 0.29) is 0 Å². The van der Waals surface area contributed by atoms with Crippen molar-refractivity contribution in [2.75, 3.05) is 20.1 Å². The molecule has 0 unspecified atom stereocenters. The lowest BCUT2D eigenvalue weighted by Crippen LogP contribution is -2.33. The molecule has 0 heterocycles. The second-order valence-corrected chi connectivity index (χ2v) is 5.81. The summed E-state index contributed by atoms with van der Waals surface area (Å²) in [6.07, 6.45) is 0. The Hall–Kier alpha value is -1.64. The third kappa shape index (κ3) is 5.00. The van der Waals surface area contributed by atoms with Crippen molar-refractivity contribution in [1.29, 1.82) is 0 Å². The van der Waals surface area contributed by atoms with E-state index in [2.05, 4.69) is 85.7 Å². The summed E-state index contributed by atoms with van der Waals surface area (Å²) in [6.45, 7) is 7.49. The molecule has 0 atom stereocenters. The van der Waals surface area contributed by atoms with Gasteiger partial charge in [0.05, 0.1) is 0 Å². The van der Waals surface area contributed by atoms with Crippen molar-refractivity contribution < 1.29 is 0 Å². The van der Waals surface area contributed by atoms with Gasteiger partial charge in [0, 0.05) is 25.7 Å². The molecule has 0 amide bonds. The Morgan fingerprint density at radius 2 is 1.52 bits per heavy atom. The topological polar surface area (TPSA) is 15.3 Å². The molecule has 0 aromatic heterocycles. The highest BCUT2D eigenvalue weighted by atomic mass is 15.1. The van der Waals surface area contributed by atoms with Crippen molar-refractivity contribution in [2.45, 2.75) is 26.4 Å². The number of rotatable bonds is 7. The Balaban J connectivity index is 1.81. The number of nitrogens with zero attached hydrogens (tertiary/aromatic N) is 1. The van der Waals surface area contributed by atoms with E-state index >= 15 is 0 Å². The third-order valence-electron chi connectivity index (χ3n) is 3.91. The summed E-state index contributed by atoms with van der Waals surface area (Å²) in [7, 11) is 2.17. The van der Waals surface area contributed by atoms with Gasteiger partial charge >= 0.3 is 0 Å². The van der Waals surface area contributed by atoms with E-state index in [0.29, 0.717) is 6.04 Å². The third-order valence-corrected chi connectivity index (χ3v) is 3.91. The maximum atomic E-state index is 3.51. The fourth-order valence-corrected chi connectivity index (χ4v) is 2.19. The van der Waals surface area contributed by atoms with Crippen LogP contribution in [0.2, 0.25) is 0 Å². The molecule has 2 heteroatoms. The van der Waals surface area contributed by atoms with Crippen LogP contribution in [0.1, 0.15) is 19.4 Å². The average Bonchev–Trinajstić information content (AvgIpc) is 2.52. The molecular formula is C19H26N2. The molecule has 0 bridgehead atoms. The van der Waals surface area contributed by atoms with Gasteiger partial charge in [0.15, 0.2) is 0 Å². The molecule has 2 aromatic carbocycles. The van der Waals surface area contributed by atoms with Crippen molar-refractivity contribution in [1.82, 2.24) is 10.2 Å². The highest BCUT2D eigenvalue weighted by Gasteiger charge is 2.02. The first-order chi connectivity index (χ1) is 10.2. The first-order valence-corrected chi connectivity index (χ1v) is 7.72. The quantitative estimate of drug-likeness (QED) is 0.777.